The Morgan fingerprint density at radius 3 is 2.66 bits per heavy atom. The van der Waals surface area contributed by atoms with Crippen LogP contribution in [0, 0.1) is 0 Å². The molecule has 1 aromatic carbocycles. The van der Waals surface area contributed by atoms with Crippen molar-refractivity contribution in [3.8, 4) is 5.69 Å². The van der Waals surface area contributed by atoms with E-state index in [9.17, 15) is 4.79 Å². The van der Waals surface area contributed by atoms with Crippen LogP contribution in [0.5, 0.6) is 0 Å². The first kappa shape index (κ1) is 22.0. The van der Waals surface area contributed by atoms with Crippen molar-refractivity contribution in [2.45, 2.75) is 46.0 Å². The van der Waals surface area contributed by atoms with Crippen molar-refractivity contribution in [2.75, 3.05) is 37.6 Å². The molecule has 4 rings (SSSR count). The van der Waals surface area contributed by atoms with Gasteiger partial charge in [0.25, 0.3) is 0 Å². The molecule has 0 saturated carbocycles. The fraction of sp³-hybridized carbons (Fsp3) is 0.500. The smallest absolute Gasteiger partial charge is 0.317 e. The molecular weight excluding hydrogens is 402 g/mol. The second-order valence-corrected chi connectivity index (χ2v) is 8.39. The van der Waals surface area contributed by atoms with Crippen LogP contribution in [0.25, 0.3) is 16.7 Å². The number of urea groups is 1. The Balaban J connectivity index is 1.73. The highest BCUT2D eigenvalue weighted by Crippen LogP contribution is 2.29. The summed E-state index contributed by atoms with van der Waals surface area (Å²) in [7, 11) is 0. The molecule has 1 aliphatic rings. The number of anilines is 1. The molecule has 1 aliphatic heterocycles. The number of nitrogens with zero attached hydrogens (tertiary/aromatic N) is 6. The van der Waals surface area contributed by atoms with Gasteiger partial charge in [-0.3, -0.25) is 0 Å². The van der Waals surface area contributed by atoms with Crippen LogP contribution >= 0.6 is 0 Å². The van der Waals surface area contributed by atoms with E-state index in [1.807, 2.05) is 53.0 Å². The first-order valence-corrected chi connectivity index (χ1v) is 11.7. The fourth-order valence-electron chi connectivity index (χ4n) is 4.29. The summed E-state index contributed by atoms with van der Waals surface area (Å²) in [5, 5.41) is 8.54. The Kier molecular flexibility index (Phi) is 6.87. The van der Waals surface area contributed by atoms with E-state index < -0.39 is 0 Å². The Hall–Kier alpha value is -3.16. The lowest BCUT2D eigenvalue weighted by Crippen LogP contribution is -2.42. The molecule has 8 nitrogen and oxygen atoms in total. The van der Waals surface area contributed by atoms with Gasteiger partial charge in [0.2, 0.25) is 0 Å². The molecular formula is C24H33N7O. The van der Waals surface area contributed by atoms with Crippen LogP contribution in [-0.2, 0) is 0 Å². The lowest BCUT2D eigenvalue weighted by Gasteiger charge is -2.24. The highest BCUT2D eigenvalue weighted by Gasteiger charge is 2.24. The van der Waals surface area contributed by atoms with Crippen LogP contribution in [0.15, 0.2) is 36.5 Å². The molecule has 3 heterocycles. The highest BCUT2D eigenvalue weighted by molar-refractivity contribution is 5.88. The van der Waals surface area contributed by atoms with Gasteiger partial charge in [0.15, 0.2) is 5.65 Å². The molecule has 0 bridgehead atoms. The molecule has 2 aromatic heterocycles. The molecule has 0 radical (unpaired) electrons. The van der Waals surface area contributed by atoms with Crippen LogP contribution < -0.4 is 10.2 Å². The lowest BCUT2D eigenvalue weighted by atomic mass is 10.1. The van der Waals surface area contributed by atoms with Crippen molar-refractivity contribution in [3.63, 3.8) is 0 Å². The van der Waals surface area contributed by atoms with E-state index in [0.717, 1.165) is 67.3 Å². The molecule has 0 unspecified atom stereocenters. The van der Waals surface area contributed by atoms with Gasteiger partial charge in [0, 0.05) is 38.6 Å². The van der Waals surface area contributed by atoms with Gasteiger partial charge in [-0.25, -0.2) is 19.4 Å². The van der Waals surface area contributed by atoms with Gasteiger partial charge >= 0.3 is 6.03 Å². The third-order valence-corrected chi connectivity index (χ3v) is 6.00. The zero-order chi connectivity index (χ0) is 22.5. The van der Waals surface area contributed by atoms with Crippen molar-refractivity contribution in [2.24, 2.45) is 0 Å². The number of nitrogens with one attached hydrogen (secondary N) is 1. The Bertz CT molecular complexity index is 1050. The monoisotopic (exact) mass is 435 g/mol. The van der Waals surface area contributed by atoms with Crippen LogP contribution in [0.2, 0.25) is 0 Å². The summed E-state index contributed by atoms with van der Waals surface area (Å²) in [6.07, 6.45) is 4.89. The van der Waals surface area contributed by atoms with Crippen LogP contribution in [0.1, 0.15) is 51.8 Å². The zero-order valence-corrected chi connectivity index (χ0v) is 19.3. The highest BCUT2D eigenvalue weighted by atomic mass is 16.2. The van der Waals surface area contributed by atoms with E-state index >= 15 is 0 Å². The second kappa shape index (κ2) is 9.97. The number of amides is 2. The minimum absolute atomic E-state index is 0.0105. The topological polar surface area (TPSA) is 79.2 Å². The summed E-state index contributed by atoms with van der Waals surface area (Å²) in [6.45, 7) is 9.97. The van der Waals surface area contributed by atoms with E-state index in [1.54, 1.807) is 0 Å². The lowest BCUT2D eigenvalue weighted by molar-refractivity contribution is 0.202. The van der Waals surface area contributed by atoms with Crippen LogP contribution in [0.3, 0.4) is 0 Å². The maximum atomic E-state index is 12.3. The number of carbonyl (C=O) groups excluding carboxylic acids is 1. The summed E-state index contributed by atoms with van der Waals surface area (Å²) in [5.74, 6) is 2.05. The minimum Gasteiger partial charge on any atom is -0.354 e. The van der Waals surface area contributed by atoms with E-state index in [-0.39, 0.29) is 11.9 Å². The number of benzene rings is 1. The number of hydrogen-bond donors (Lipinski definition) is 1. The van der Waals surface area contributed by atoms with Gasteiger partial charge in [-0.15, -0.1) is 0 Å². The zero-order valence-electron chi connectivity index (χ0n) is 19.3. The quantitative estimate of drug-likeness (QED) is 0.634. The molecule has 1 N–H and O–H groups in total. The molecule has 3 aromatic rings. The van der Waals surface area contributed by atoms with Gasteiger partial charge in [-0.1, -0.05) is 38.5 Å². The first-order valence-electron chi connectivity index (χ1n) is 11.7. The predicted octanol–water partition coefficient (Wildman–Crippen LogP) is 3.96. The van der Waals surface area contributed by atoms with Gasteiger partial charge in [0.1, 0.15) is 11.6 Å². The average molecular weight is 436 g/mol. The number of para-hydroxylation sites is 1. The molecule has 1 atom stereocenters. The Morgan fingerprint density at radius 1 is 1.09 bits per heavy atom. The number of aromatic nitrogens is 4. The summed E-state index contributed by atoms with van der Waals surface area (Å²) in [5.41, 5.74) is 1.82. The molecule has 1 fully saturated rings. The van der Waals surface area contributed by atoms with Crippen LogP contribution in [-0.4, -0.2) is 63.4 Å². The minimum atomic E-state index is 0.0105. The summed E-state index contributed by atoms with van der Waals surface area (Å²) in [4.78, 5) is 26.5. The normalized spacial score (nSPS) is 15.6. The Labute approximate surface area is 189 Å². The SMILES string of the molecule is CCC[C@H](C)c1nc(N2CCCN(C(=O)NCC)CC2)c2cnn(-c3ccccc3)c2n1. The molecule has 8 heteroatoms. The van der Waals surface area contributed by atoms with Crippen molar-refractivity contribution < 1.29 is 4.79 Å². The molecule has 170 valence electrons. The average Bonchev–Trinajstić information content (AvgIpc) is 3.08. The van der Waals surface area contributed by atoms with E-state index in [4.69, 9.17) is 9.97 Å². The fourth-order valence-corrected chi connectivity index (χ4v) is 4.29. The summed E-state index contributed by atoms with van der Waals surface area (Å²) in [6, 6.07) is 10.1. The maximum absolute atomic E-state index is 12.3. The summed E-state index contributed by atoms with van der Waals surface area (Å²) < 4.78 is 1.90. The molecule has 0 aliphatic carbocycles. The van der Waals surface area contributed by atoms with Gasteiger partial charge in [-0.2, -0.15) is 5.10 Å². The van der Waals surface area contributed by atoms with E-state index in [0.29, 0.717) is 13.1 Å². The van der Waals surface area contributed by atoms with E-state index in [2.05, 4.69) is 29.2 Å². The van der Waals surface area contributed by atoms with E-state index in [1.165, 1.54) is 0 Å². The van der Waals surface area contributed by atoms with Crippen molar-refractivity contribution in [1.82, 2.24) is 30.0 Å². The molecule has 0 spiro atoms. The second-order valence-electron chi connectivity index (χ2n) is 8.39. The van der Waals surface area contributed by atoms with Crippen molar-refractivity contribution in [1.29, 1.82) is 0 Å². The maximum Gasteiger partial charge on any atom is 0.317 e. The molecule has 32 heavy (non-hydrogen) atoms. The number of rotatable bonds is 6. The number of hydrogen-bond acceptors (Lipinski definition) is 5. The standard InChI is InChI=1S/C24H33N7O/c1-4-10-18(3)21-27-22(29-13-9-14-30(16-15-29)24(32)25-5-2)20-17-26-31(23(20)28-21)19-11-7-6-8-12-19/h6-8,11-12,17-18H,4-5,9-10,13-16H2,1-3H3,(H,25,32)/t18-/m0/s1. The van der Waals surface area contributed by atoms with Gasteiger partial charge < -0.3 is 15.1 Å². The summed E-state index contributed by atoms with van der Waals surface area (Å²) >= 11 is 0. The van der Waals surface area contributed by atoms with Crippen LogP contribution in [0.4, 0.5) is 10.6 Å². The van der Waals surface area contributed by atoms with Gasteiger partial charge in [-0.05, 0) is 31.9 Å². The third kappa shape index (κ3) is 4.54. The molecule has 1 saturated heterocycles. The predicted molar refractivity (Wildman–Crippen MR) is 127 cm³/mol. The third-order valence-electron chi connectivity index (χ3n) is 6.00. The van der Waals surface area contributed by atoms with Crippen molar-refractivity contribution in [3.05, 3.63) is 42.4 Å². The largest absolute Gasteiger partial charge is 0.354 e. The van der Waals surface area contributed by atoms with Crippen molar-refractivity contribution >= 4 is 22.9 Å². The first-order chi connectivity index (χ1) is 15.6. The number of fused-ring (bicyclic) bond motifs is 1. The molecule has 2 amide bonds. The van der Waals surface area contributed by atoms with Gasteiger partial charge in [0.05, 0.1) is 17.3 Å². The number of carbonyl (C=O) groups is 1. The Morgan fingerprint density at radius 2 is 1.91 bits per heavy atom.